The van der Waals surface area contributed by atoms with Gasteiger partial charge in [-0.2, -0.15) is 0 Å². The molecule has 2 atom stereocenters. The summed E-state index contributed by atoms with van der Waals surface area (Å²) in [6, 6.07) is 14.8. The van der Waals surface area contributed by atoms with E-state index in [1.807, 2.05) is 37.3 Å². The van der Waals surface area contributed by atoms with Crippen molar-refractivity contribution in [1.29, 1.82) is 0 Å². The monoisotopic (exact) mass is 354 g/mol. The van der Waals surface area contributed by atoms with Gasteiger partial charge >= 0.3 is 5.97 Å². The number of non-ortho nitro benzene ring substituents is 1. The average molecular weight is 354 g/mol. The van der Waals surface area contributed by atoms with Crippen LogP contribution in [0.25, 0.3) is 0 Å². The van der Waals surface area contributed by atoms with Gasteiger partial charge in [-0.1, -0.05) is 30.3 Å². The number of carbonyl (C=O) groups excluding carboxylic acids is 2. The minimum Gasteiger partial charge on any atom is -0.426 e. The van der Waals surface area contributed by atoms with Crippen molar-refractivity contribution in [2.45, 2.75) is 19.4 Å². The van der Waals surface area contributed by atoms with E-state index in [1.54, 1.807) is 4.90 Å². The molecule has 0 radical (unpaired) electrons. The molecule has 7 heteroatoms. The molecule has 0 saturated carbocycles. The molecule has 3 rings (SSSR count). The van der Waals surface area contributed by atoms with Gasteiger partial charge in [0.1, 0.15) is 5.75 Å². The summed E-state index contributed by atoms with van der Waals surface area (Å²) in [6.45, 7) is 2.22. The van der Waals surface area contributed by atoms with E-state index in [4.69, 9.17) is 4.74 Å². The second-order valence-corrected chi connectivity index (χ2v) is 6.21. The van der Waals surface area contributed by atoms with Crippen LogP contribution in [0.3, 0.4) is 0 Å². The molecule has 134 valence electrons. The molecular weight excluding hydrogens is 336 g/mol. The van der Waals surface area contributed by atoms with Crippen molar-refractivity contribution in [3.8, 4) is 5.75 Å². The first-order chi connectivity index (χ1) is 12.5. The third-order valence-electron chi connectivity index (χ3n) is 4.51. The lowest BCUT2D eigenvalue weighted by Crippen LogP contribution is -2.30. The Balaban J connectivity index is 1.64. The Kier molecular flexibility index (Phi) is 4.97. The van der Waals surface area contributed by atoms with Gasteiger partial charge in [-0.15, -0.1) is 0 Å². The number of nitrogens with zero attached hydrogens (tertiary/aromatic N) is 2. The Morgan fingerprint density at radius 3 is 2.46 bits per heavy atom. The van der Waals surface area contributed by atoms with Gasteiger partial charge in [0.15, 0.2) is 0 Å². The number of amides is 1. The Morgan fingerprint density at radius 2 is 1.85 bits per heavy atom. The van der Waals surface area contributed by atoms with Crippen LogP contribution in [-0.4, -0.2) is 28.2 Å². The topological polar surface area (TPSA) is 89.8 Å². The first-order valence-electron chi connectivity index (χ1n) is 8.26. The third kappa shape index (κ3) is 3.72. The number of rotatable bonds is 5. The van der Waals surface area contributed by atoms with Crippen LogP contribution in [0, 0.1) is 16.0 Å². The first kappa shape index (κ1) is 17.6. The molecule has 0 aliphatic carbocycles. The van der Waals surface area contributed by atoms with Crippen LogP contribution in [0.5, 0.6) is 5.75 Å². The summed E-state index contributed by atoms with van der Waals surface area (Å²) in [5, 5.41) is 10.7. The smallest absolute Gasteiger partial charge is 0.316 e. The Hall–Kier alpha value is -3.22. The quantitative estimate of drug-likeness (QED) is 0.356. The van der Waals surface area contributed by atoms with E-state index in [0.29, 0.717) is 6.54 Å². The summed E-state index contributed by atoms with van der Waals surface area (Å²) in [5.41, 5.74) is 0.925. The molecule has 0 bridgehead atoms. The lowest BCUT2D eigenvalue weighted by molar-refractivity contribution is -0.384. The highest BCUT2D eigenvalue weighted by Gasteiger charge is 2.38. The summed E-state index contributed by atoms with van der Waals surface area (Å²) in [7, 11) is 0. The fraction of sp³-hybridized carbons (Fsp3) is 0.263. The molecule has 1 saturated heterocycles. The van der Waals surface area contributed by atoms with Crippen molar-refractivity contribution < 1.29 is 19.2 Å². The molecular formula is C19H18N2O5. The molecule has 1 amide bonds. The summed E-state index contributed by atoms with van der Waals surface area (Å²) in [4.78, 5) is 36.5. The lowest BCUT2D eigenvalue weighted by Gasteiger charge is -2.25. The number of ether oxygens (including phenoxy) is 1. The van der Waals surface area contributed by atoms with Crippen LogP contribution in [0.1, 0.15) is 24.9 Å². The van der Waals surface area contributed by atoms with Crippen molar-refractivity contribution in [2.75, 3.05) is 6.54 Å². The fourth-order valence-corrected chi connectivity index (χ4v) is 3.01. The van der Waals surface area contributed by atoms with E-state index in [2.05, 4.69) is 0 Å². The molecule has 26 heavy (non-hydrogen) atoms. The van der Waals surface area contributed by atoms with Crippen molar-refractivity contribution >= 4 is 17.6 Å². The van der Waals surface area contributed by atoms with Crippen LogP contribution in [-0.2, 0) is 9.59 Å². The first-order valence-corrected chi connectivity index (χ1v) is 8.26. The molecule has 1 aliphatic rings. The maximum Gasteiger partial charge on any atom is 0.316 e. The van der Waals surface area contributed by atoms with Gasteiger partial charge in [0.05, 0.1) is 16.9 Å². The van der Waals surface area contributed by atoms with Gasteiger partial charge in [-0.3, -0.25) is 19.7 Å². The molecule has 1 fully saturated rings. The van der Waals surface area contributed by atoms with Gasteiger partial charge in [0.2, 0.25) is 5.91 Å². The largest absolute Gasteiger partial charge is 0.426 e. The normalized spacial score (nSPS) is 17.8. The van der Waals surface area contributed by atoms with Crippen molar-refractivity contribution in [3.05, 3.63) is 70.3 Å². The van der Waals surface area contributed by atoms with Crippen LogP contribution in [0.4, 0.5) is 5.69 Å². The standard InChI is InChI=1S/C19H18N2O5/c1-13(14-5-3-2-4-6-14)20-12-15(11-18(20)22)19(23)26-17-9-7-16(8-10-17)21(24)25/h2-10,13,15H,11-12H2,1H3/t13-,15-/m1/s1. The Labute approximate surface area is 150 Å². The predicted molar refractivity (Wildman–Crippen MR) is 93.4 cm³/mol. The third-order valence-corrected chi connectivity index (χ3v) is 4.51. The van der Waals surface area contributed by atoms with Gasteiger partial charge in [0, 0.05) is 25.1 Å². The van der Waals surface area contributed by atoms with Crippen molar-refractivity contribution in [1.82, 2.24) is 4.90 Å². The summed E-state index contributed by atoms with van der Waals surface area (Å²) in [6.07, 6.45) is 0.100. The lowest BCUT2D eigenvalue weighted by atomic mass is 10.1. The second kappa shape index (κ2) is 7.35. The Bertz CT molecular complexity index is 820. The number of likely N-dealkylation sites (tertiary alicyclic amines) is 1. The van der Waals surface area contributed by atoms with E-state index < -0.39 is 16.8 Å². The van der Waals surface area contributed by atoms with E-state index in [-0.39, 0.29) is 29.8 Å². The zero-order valence-corrected chi connectivity index (χ0v) is 14.2. The van der Waals surface area contributed by atoms with Crippen LogP contribution in [0.15, 0.2) is 54.6 Å². The summed E-state index contributed by atoms with van der Waals surface area (Å²) >= 11 is 0. The van der Waals surface area contributed by atoms with Crippen molar-refractivity contribution in [2.24, 2.45) is 5.92 Å². The van der Waals surface area contributed by atoms with Crippen LogP contribution < -0.4 is 4.74 Å². The molecule has 0 unspecified atom stereocenters. The van der Waals surface area contributed by atoms with Gasteiger partial charge in [-0.05, 0) is 24.6 Å². The number of carbonyl (C=O) groups is 2. The minimum absolute atomic E-state index is 0.0799. The highest BCUT2D eigenvalue weighted by molar-refractivity contribution is 5.87. The highest BCUT2D eigenvalue weighted by Crippen LogP contribution is 2.29. The molecule has 2 aromatic rings. The zero-order valence-electron chi connectivity index (χ0n) is 14.2. The maximum atomic E-state index is 12.3. The zero-order chi connectivity index (χ0) is 18.7. The highest BCUT2D eigenvalue weighted by atomic mass is 16.6. The Morgan fingerprint density at radius 1 is 1.19 bits per heavy atom. The molecule has 1 aliphatic heterocycles. The van der Waals surface area contributed by atoms with Crippen LogP contribution in [0.2, 0.25) is 0 Å². The number of hydrogen-bond acceptors (Lipinski definition) is 5. The maximum absolute atomic E-state index is 12.3. The molecule has 7 nitrogen and oxygen atoms in total. The van der Waals surface area contributed by atoms with E-state index >= 15 is 0 Å². The number of esters is 1. The SMILES string of the molecule is C[C@H](c1ccccc1)N1C[C@H](C(=O)Oc2ccc([N+](=O)[O-])cc2)CC1=O. The summed E-state index contributed by atoms with van der Waals surface area (Å²) < 4.78 is 5.27. The van der Waals surface area contributed by atoms with Gasteiger partial charge in [0.25, 0.3) is 5.69 Å². The number of nitro groups is 1. The van der Waals surface area contributed by atoms with E-state index in [0.717, 1.165) is 5.56 Å². The molecule has 0 N–H and O–H groups in total. The average Bonchev–Trinajstić information content (AvgIpc) is 3.04. The predicted octanol–water partition coefficient (Wildman–Crippen LogP) is 3.11. The fourth-order valence-electron chi connectivity index (χ4n) is 3.01. The molecule has 2 aromatic carbocycles. The summed E-state index contributed by atoms with van der Waals surface area (Å²) in [5.74, 6) is -0.923. The van der Waals surface area contributed by atoms with Gasteiger partial charge < -0.3 is 9.64 Å². The number of nitro benzene ring substituents is 1. The second-order valence-electron chi connectivity index (χ2n) is 6.21. The van der Waals surface area contributed by atoms with Crippen LogP contribution >= 0.6 is 0 Å². The van der Waals surface area contributed by atoms with E-state index in [1.165, 1.54) is 24.3 Å². The van der Waals surface area contributed by atoms with E-state index in [9.17, 15) is 19.7 Å². The van der Waals surface area contributed by atoms with Gasteiger partial charge in [-0.25, -0.2) is 0 Å². The molecule has 0 spiro atoms. The van der Waals surface area contributed by atoms with Crippen molar-refractivity contribution in [3.63, 3.8) is 0 Å². The number of benzene rings is 2. The molecule has 0 aromatic heterocycles. The number of hydrogen-bond donors (Lipinski definition) is 0. The minimum atomic E-state index is -0.552. The molecule has 1 heterocycles.